The molecule has 4 bridgehead atoms. The lowest BCUT2D eigenvalue weighted by atomic mass is 9.49. The Kier molecular flexibility index (Phi) is 4.97. The largest absolute Gasteiger partial charge is 0.348 e. The zero-order valence-electron chi connectivity index (χ0n) is 17.0. The zero-order chi connectivity index (χ0) is 20.8. The van der Waals surface area contributed by atoms with Gasteiger partial charge in [0.05, 0.1) is 5.41 Å². The number of carbonyl (C=O) groups is 2. The highest BCUT2D eigenvalue weighted by Gasteiger charge is 2.59. The Morgan fingerprint density at radius 1 is 0.933 bits per heavy atom. The van der Waals surface area contributed by atoms with Gasteiger partial charge in [-0.1, -0.05) is 46.3 Å². The van der Waals surface area contributed by atoms with E-state index in [0.29, 0.717) is 23.9 Å². The molecule has 4 saturated carbocycles. The Hall–Kier alpha value is -2.14. The van der Waals surface area contributed by atoms with Gasteiger partial charge in [-0.25, -0.2) is 0 Å². The van der Waals surface area contributed by atoms with Crippen molar-refractivity contribution in [2.75, 3.05) is 5.32 Å². The molecule has 2 aromatic carbocycles. The molecule has 0 aromatic heterocycles. The summed E-state index contributed by atoms with van der Waals surface area (Å²) in [5, 5.41) is 6.09. The van der Waals surface area contributed by atoms with Crippen molar-refractivity contribution < 1.29 is 9.59 Å². The van der Waals surface area contributed by atoms with Gasteiger partial charge in [0.2, 0.25) is 5.91 Å². The first-order valence-electron chi connectivity index (χ1n) is 10.9. The van der Waals surface area contributed by atoms with Crippen LogP contribution in [0.3, 0.4) is 0 Å². The van der Waals surface area contributed by atoms with Crippen LogP contribution in [0.1, 0.15) is 54.4 Å². The van der Waals surface area contributed by atoms with E-state index in [1.807, 2.05) is 42.5 Å². The third-order valence-electron chi connectivity index (χ3n) is 7.17. The van der Waals surface area contributed by atoms with Gasteiger partial charge in [0, 0.05) is 22.1 Å². The van der Waals surface area contributed by atoms with Crippen LogP contribution in [0.25, 0.3) is 0 Å². The second kappa shape index (κ2) is 7.52. The molecular formula is C25H27BrN2O2. The van der Waals surface area contributed by atoms with Crippen molar-refractivity contribution in [2.45, 2.75) is 49.4 Å². The maximum absolute atomic E-state index is 13.3. The van der Waals surface area contributed by atoms with Crippen LogP contribution in [0.4, 0.5) is 5.69 Å². The van der Waals surface area contributed by atoms with E-state index in [1.54, 1.807) is 12.1 Å². The molecule has 4 aliphatic rings. The Bertz CT molecular complexity index is 943. The fraction of sp³-hybridized carbons (Fsp3) is 0.440. The number of anilines is 1. The van der Waals surface area contributed by atoms with Gasteiger partial charge in [-0.05, 0) is 80.2 Å². The van der Waals surface area contributed by atoms with Gasteiger partial charge in [0.25, 0.3) is 5.91 Å². The first-order chi connectivity index (χ1) is 14.4. The highest BCUT2D eigenvalue weighted by molar-refractivity contribution is 9.10. The molecule has 2 amide bonds. The summed E-state index contributed by atoms with van der Waals surface area (Å²) in [4.78, 5) is 25.7. The van der Waals surface area contributed by atoms with E-state index in [0.717, 1.165) is 30.5 Å². The van der Waals surface area contributed by atoms with E-state index in [-0.39, 0.29) is 21.6 Å². The molecule has 0 heterocycles. The summed E-state index contributed by atoms with van der Waals surface area (Å²) in [7, 11) is 0. The number of alkyl halides is 1. The SMILES string of the molecule is O=C(NCc1ccccc1)c1ccc(NC(=O)C23CC4CC(CC(Br)(C4)C2)C3)cc1. The standard InChI is InChI=1S/C25H27BrN2O2/c26-25-13-18-10-19(14-25)12-24(11-18,16-25)23(30)28-21-8-6-20(7-9-21)22(29)27-15-17-4-2-1-3-5-17/h1-9,18-19H,10-16H2,(H,27,29)(H,28,30). The second-order valence-electron chi connectivity index (χ2n) is 9.59. The van der Waals surface area contributed by atoms with Crippen LogP contribution in [0.5, 0.6) is 0 Å². The van der Waals surface area contributed by atoms with Gasteiger partial charge in [-0.15, -0.1) is 0 Å². The Labute approximate surface area is 186 Å². The average molecular weight is 467 g/mol. The molecule has 6 rings (SSSR count). The van der Waals surface area contributed by atoms with Crippen LogP contribution >= 0.6 is 15.9 Å². The molecule has 0 radical (unpaired) electrons. The molecule has 0 saturated heterocycles. The van der Waals surface area contributed by atoms with Crippen molar-refractivity contribution in [1.82, 2.24) is 5.32 Å². The molecule has 156 valence electrons. The van der Waals surface area contributed by atoms with Crippen molar-refractivity contribution in [3.63, 3.8) is 0 Å². The van der Waals surface area contributed by atoms with Crippen LogP contribution in [0.2, 0.25) is 0 Å². The van der Waals surface area contributed by atoms with Gasteiger partial charge in [-0.3, -0.25) is 9.59 Å². The highest BCUT2D eigenvalue weighted by atomic mass is 79.9. The summed E-state index contributed by atoms with van der Waals surface area (Å²) in [6, 6.07) is 17.1. The molecule has 30 heavy (non-hydrogen) atoms. The number of amides is 2. The van der Waals surface area contributed by atoms with Crippen LogP contribution in [-0.2, 0) is 11.3 Å². The molecule has 2 unspecified atom stereocenters. The highest BCUT2D eigenvalue weighted by Crippen LogP contribution is 2.64. The monoisotopic (exact) mass is 466 g/mol. The van der Waals surface area contributed by atoms with Crippen LogP contribution in [0, 0.1) is 17.3 Å². The molecule has 4 fully saturated rings. The van der Waals surface area contributed by atoms with Gasteiger partial charge in [-0.2, -0.15) is 0 Å². The Morgan fingerprint density at radius 2 is 1.60 bits per heavy atom. The molecule has 0 aliphatic heterocycles. The van der Waals surface area contributed by atoms with Gasteiger partial charge in [0.1, 0.15) is 0 Å². The topological polar surface area (TPSA) is 58.2 Å². The molecule has 2 N–H and O–H groups in total. The smallest absolute Gasteiger partial charge is 0.251 e. The number of rotatable bonds is 5. The molecule has 2 atom stereocenters. The van der Waals surface area contributed by atoms with Gasteiger partial charge < -0.3 is 10.6 Å². The van der Waals surface area contributed by atoms with Crippen molar-refractivity contribution >= 4 is 33.4 Å². The normalized spacial score (nSPS) is 31.4. The molecule has 2 aromatic rings. The van der Waals surface area contributed by atoms with Crippen molar-refractivity contribution in [1.29, 1.82) is 0 Å². The van der Waals surface area contributed by atoms with Crippen LogP contribution < -0.4 is 10.6 Å². The molecular weight excluding hydrogens is 440 g/mol. The van der Waals surface area contributed by atoms with Crippen molar-refractivity contribution in [2.24, 2.45) is 17.3 Å². The fourth-order valence-electron chi connectivity index (χ4n) is 6.27. The van der Waals surface area contributed by atoms with E-state index in [4.69, 9.17) is 0 Å². The molecule has 4 nitrogen and oxygen atoms in total. The minimum atomic E-state index is -0.237. The summed E-state index contributed by atoms with van der Waals surface area (Å²) in [5.41, 5.74) is 2.19. The number of halogens is 1. The fourth-order valence-corrected chi connectivity index (χ4v) is 7.72. The summed E-state index contributed by atoms with van der Waals surface area (Å²) >= 11 is 3.98. The number of benzene rings is 2. The van der Waals surface area contributed by atoms with Crippen LogP contribution in [0.15, 0.2) is 54.6 Å². The Morgan fingerprint density at radius 3 is 2.23 bits per heavy atom. The maximum atomic E-state index is 13.3. The predicted octanol–water partition coefficient (Wildman–Crippen LogP) is 5.29. The average Bonchev–Trinajstić information content (AvgIpc) is 2.71. The summed E-state index contributed by atoms with van der Waals surface area (Å²) < 4.78 is 0.162. The minimum Gasteiger partial charge on any atom is -0.348 e. The minimum absolute atomic E-state index is 0.112. The van der Waals surface area contributed by atoms with Gasteiger partial charge in [0.15, 0.2) is 0 Å². The number of carbonyl (C=O) groups excluding carboxylic acids is 2. The van der Waals surface area contributed by atoms with Gasteiger partial charge >= 0.3 is 0 Å². The molecule has 5 heteroatoms. The lowest BCUT2D eigenvalue weighted by molar-refractivity contribution is -0.138. The molecule has 4 aliphatic carbocycles. The lowest BCUT2D eigenvalue weighted by Crippen LogP contribution is -2.57. The van der Waals surface area contributed by atoms with E-state index in [1.165, 1.54) is 19.3 Å². The Balaban J connectivity index is 1.22. The first kappa shape index (κ1) is 19.8. The van der Waals surface area contributed by atoms with E-state index >= 15 is 0 Å². The number of hydrogen-bond donors (Lipinski definition) is 2. The van der Waals surface area contributed by atoms with E-state index in [9.17, 15) is 9.59 Å². The zero-order valence-corrected chi connectivity index (χ0v) is 18.6. The summed E-state index contributed by atoms with van der Waals surface area (Å²) in [5.74, 6) is 1.39. The molecule has 0 spiro atoms. The van der Waals surface area contributed by atoms with Crippen molar-refractivity contribution in [3.05, 3.63) is 65.7 Å². The van der Waals surface area contributed by atoms with Crippen molar-refractivity contribution in [3.8, 4) is 0 Å². The lowest BCUT2D eigenvalue weighted by Gasteiger charge is -2.59. The second-order valence-corrected chi connectivity index (χ2v) is 11.3. The predicted molar refractivity (Wildman–Crippen MR) is 121 cm³/mol. The maximum Gasteiger partial charge on any atom is 0.251 e. The van der Waals surface area contributed by atoms with E-state index < -0.39 is 0 Å². The summed E-state index contributed by atoms with van der Waals surface area (Å²) in [6.07, 6.45) is 6.69. The third kappa shape index (κ3) is 3.80. The quantitative estimate of drug-likeness (QED) is 0.588. The summed E-state index contributed by atoms with van der Waals surface area (Å²) in [6.45, 7) is 0.497. The van der Waals surface area contributed by atoms with Crippen LogP contribution in [-0.4, -0.2) is 16.1 Å². The first-order valence-corrected chi connectivity index (χ1v) is 11.7. The number of nitrogens with one attached hydrogen (secondary N) is 2. The third-order valence-corrected chi connectivity index (χ3v) is 8.10. The number of hydrogen-bond acceptors (Lipinski definition) is 2. The van der Waals surface area contributed by atoms with E-state index in [2.05, 4.69) is 26.6 Å².